The molecule has 0 saturated carbocycles. The van der Waals surface area contributed by atoms with Gasteiger partial charge in [0.25, 0.3) is 5.91 Å². The van der Waals surface area contributed by atoms with Crippen LogP contribution in [0.5, 0.6) is 11.5 Å². The van der Waals surface area contributed by atoms with E-state index in [9.17, 15) is 4.79 Å². The SMILES string of the molecule is CC1CCCN(c2cc(C(=O)NCc3ccc4c(c3)OCO4)ccn2)C1. The van der Waals surface area contributed by atoms with Crippen LogP contribution in [0, 0.1) is 5.92 Å². The average Bonchev–Trinajstić information content (AvgIpc) is 3.14. The van der Waals surface area contributed by atoms with E-state index in [0.29, 0.717) is 18.0 Å². The second-order valence-electron chi connectivity index (χ2n) is 6.97. The number of nitrogens with one attached hydrogen (secondary N) is 1. The third-order valence-corrected chi connectivity index (χ3v) is 4.88. The van der Waals surface area contributed by atoms with Gasteiger partial charge in [0.2, 0.25) is 6.79 Å². The van der Waals surface area contributed by atoms with E-state index < -0.39 is 0 Å². The van der Waals surface area contributed by atoms with E-state index in [1.807, 2.05) is 24.3 Å². The van der Waals surface area contributed by atoms with E-state index >= 15 is 0 Å². The minimum atomic E-state index is -0.101. The standard InChI is InChI=1S/C20H23N3O3/c1-14-3-2-8-23(12-14)19-10-16(6-7-21-19)20(24)22-11-15-4-5-17-18(9-15)26-13-25-17/h4-7,9-10,14H,2-3,8,11-13H2,1H3,(H,22,24). The zero-order valence-electron chi connectivity index (χ0n) is 14.9. The third kappa shape index (κ3) is 3.59. The minimum absolute atomic E-state index is 0.101. The Bertz CT molecular complexity index is 809. The number of nitrogens with zero attached hydrogens (tertiary/aromatic N) is 2. The highest BCUT2D eigenvalue weighted by Crippen LogP contribution is 2.32. The molecule has 26 heavy (non-hydrogen) atoms. The molecule has 2 aliphatic heterocycles. The van der Waals surface area contributed by atoms with E-state index in [-0.39, 0.29) is 12.7 Å². The zero-order valence-corrected chi connectivity index (χ0v) is 14.9. The first-order chi connectivity index (χ1) is 12.7. The highest BCUT2D eigenvalue weighted by molar-refractivity contribution is 5.94. The maximum atomic E-state index is 12.5. The van der Waals surface area contributed by atoms with Crippen LogP contribution in [0.2, 0.25) is 0 Å². The van der Waals surface area contributed by atoms with Crippen LogP contribution in [-0.2, 0) is 6.54 Å². The number of carbonyl (C=O) groups excluding carboxylic acids is 1. The molecule has 0 aliphatic carbocycles. The van der Waals surface area contributed by atoms with Crippen molar-refractivity contribution >= 4 is 11.7 Å². The molecule has 1 atom stereocenters. The molecular weight excluding hydrogens is 330 g/mol. The lowest BCUT2D eigenvalue weighted by molar-refractivity contribution is 0.0950. The first-order valence-corrected chi connectivity index (χ1v) is 9.07. The van der Waals surface area contributed by atoms with Gasteiger partial charge in [0.1, 0.15) is 5.82 Å². The first kappa shape index (κ1) is 16.7. The fourth-order valence-corrected chi connectivity index (χ4v) is 3.47. The van der Waals surface area contributed by atoms with Gasteiger partial charge >= 0.3 is 0 Å². The van der Waals surface area contributed by atoms with Gasteiger partial charge in [0, 0.05) is 31.4 Å². The van der Waals surface area contributed by atoms with Gasteiger partial charge in [-0.25, -0.2) is 4.98 Å². The maximum Gasteiger partial charge on any atom is 0.251 e. The quantitative estimate of drug-likeness (QED) is 0.915. The van der Waals surface area contributed by atoms with Crippen LogP contribution in [0.15, 0.2) is 36.5 Å². The molecule has 0 radical (unpaired) electrons. The molecular formula is C20H23N3O3. The summed E-state index contributed by atoms with van der Waals surface area (Å²) in [7, 11) is 0. The second-order valence-corrected chi connectivity index (χ2v) is 6.97. The number of hydrogen-bond donors (Lipinski definition) is 1. The Labute approximate surface area is 153 Å². The topological polar surface area (TPSA) is 63.7 Å². The van der Waals surface area contributed by atoms with Crippen molar-refractivity contribution in [2.45, 2.75) is 26.3 Å². The third-order valence-electron chi connectivity index (χ3n) is 4.88. The van der Waals surface area contributed by atoms with Crippen molar-refractivity contribution < 1.29 is 14.3 Å². The summed E-state index contributed by atoms with van der Waals surface area (Å²) in [6, 6.07) is 9.33. The monoisotopic (exact) mass is 353 g/mol. The smallest absolute Gasteiger partial charge is 0.251 e. The number of piperidine rings is 1. The Balaban J connectivity index is 1.41. The van der Waals surface area contributed by atoms with Crippen LogP contribution in [0.3, 0.4) is 0 Å². The molecule has 1 aromatic heterocycles. The molecule has 1 unspecified atom stereocenters. The highest BCUT2D eigenvalue weighted by Gasteiger charge is 2.19. The molecule has 1 aromatic carbocycles. The van der Waals surface area contributed by atoms with Crippen LogP contribution >= 0.6 is 0 Å². The summed E-state index contributed by atoms with van der Waals surface area (Å²) in [5, 5.41) is 2.96. The zero-order chi connectivity index (χ0) is 17.9. The molecule has 6 heteroatoms. The van der Waals surface area contributed by atoms with Crippen molar-refractivity contribution in [3.63, 3.8) is 0 Å². The second kappa shape index (κ2) is 7.23. The van der Waals surface area contributed by atoms with E-state index in [4.69, 9.17) is 9.47 Å². The Kier molecular flexibility index (Phi) is 4.65. The molecule has 2 aliphatic rings. The van der Waals surface area contributed by atoms with Gasteiger partial charge in [-0.05, 0) is 48.6 Å². The summed E-state index contributed by atoms with van der Waals surface area (Å²) >= 11 is 0. The number of rotatable bonds is 4. The largest absolute Gasteiger partial charge is 0.454 e. The number of carbonyl (C=O) groups is 1. The number of pyridine rings is 1. The van der Waals surface area contributed by atoms with Gasteiger partial charge in [-0.2, -0.15) is 0 Å². The van der Waals surface area contributed by atoms with Crippen LogP contribution < -0.4 is 19.7 Å². The van der Waals surface area contributed by atoms with Crippen LogP contribution in [0.4, 0.5) is 5.82 Å². The molecule has 0 bridgehead atoms. The number of aromatic nitrogens is 1. The van der Waals surface area contributed by atoms with Crippen LogP contribution in [0.1, 0.15) is 35.7 Å². The molecule has 1 amide bonds. The van der Waals surface area contributed by atoms with Crippen LogP contribution in [0.25, 0.3) is 0 Å². The predicted octanol–water partition coefficient (Wildman–Crippen LogP) is 2.98. The molecule has 2 aromatic rings. The van der Waals surface area contributed by atoms with E-state index in [1.165, 1.54) is 12.8 Å². The Morgan fingerprint density at radius 3 is 3.04 bits per heavy atom. The Morgan fingerprint density at radius 1 is 1.27 bits per heavy atom. The molecule has 1 N–H and O–H groups in total. The summed E-state index contributed by atoms with van der Waals surface area (Å²) in [5.74, 6) is 2.91. The van der Waals surface area contributed by atoms with Crippen molar-refractivity contribution in [3.8, 4) is 11.5 Å². The van der Waals surface area contributed by atoms with Gasteiger partial charge in [-0.1, -0.05) is 13.0 Å². The van der Waals surface area contributed by atoms with Gasteiger partial charge in [-0.15, -0.1) is 0 Å². The normalized spacial score (nSPS) is 18.7. The summed E-state index contributed by atoms with van der Waals surface area (Å²) in [5.41, 5.74) is 1.61. The summed E-state index contributed by atoms with van der Waals surface area (Å²) in [6.45, 7) is 4.94. The summed E-state index contributed by atoms with van der Waals surface area (Å²) in [6.07, 6.45) is 4.14. The molecule has 3 heterocycles. The molecule has 0 spiro atoms. The lowest BCUT2D eigenvalue weighted by Gasteiger charge is -2.31. The average molecular weight is 353 g/mol. The summed E-state index contributed by atoms with van der Waals surface area (Å²) in [4.78, 5) is 19.3. The van der Waals surface area contributed by atoms with E-state index in [0.717, 1.165) is 36.0 Å². The van der Waals surface area contributed by atoms with E-state index in [2.05, 4.69) is 22.1 Å². The minimum Gasteiger partial charge on any atom is -0.454 e. The van der Waals surface area contributed by atoms with Gasteiger partial charge in [0.05, 0.1) is 0 Å². The van der Waals surface area contributed by atoms with Gasteiger partial charge in [-0.3, -0.25) is 4.79 Å². The highest BCUT2D eigenvalue weighted by atomic mass is 16.7. The lowest BCUT2D eigenvalue weighted by atomic mass is 10.0. The van der Waals surface area contributed by atoms with Crippen molar-refractivity contribution in [2.24, 2.45) is 5.92 Å². The number of hydrogen-bond acceptors (Lipinski definition) is 5. The van der Waals surface area contributed by atoms with Crippen molar-refractivity contribution in [3.05, 3.63) is 47.7 Å². The number of anilines is 1. The number of ether oxygens (including phenoxy) is 2. The van der Waals surface area contributed by atoms with Gasteiger partial charge < -0.3 is 19.7 Å². The van der Waals surface area contributed by atoms with Crippen molar-refractivity contribution in [1.29, 1.82) is 0 Å². The molecule has 1 saturated heterocycles. The molecule has 4 rings (SSSR count). The molecule has 1 fully saturated rings. The summed E-state index contributed by atoms with van der Waals surface area (Å²) < 4.78 is 10.7. The van der Waals surface area contributed by atoms with Crippen LogP contribution in [-0.4, -0.2) is 30.8 Å². The fraction of sp³-hybridized carbons (Fsp3) is 0.400. The van der Waals surface area contributed by atoms with Crippen molar-refractivity contribution in [2.75, 3.05) is 24.8 Å². The predicted molar refractivity (Wildman–Crippen MR) is 98.6 cm³/mol. The Hall–Kier alpha value is -2.76. The van der Waals surface area contributed by atoms with Gasteiger partial charge in [0.15, 0.2) is 11.5 Å². The molecule has 6 nitrogen and oxygen atoms in total. The maximum absolute atomic E-state index is 12.5. The van der Waals surface area contributed by atoms with Crippen molar-refractivity contribution in [1.82, 2.24) is 10.3 Å². The Morgan fingerprint density at radius 2 is 2.15 bits per heavy atom. The first-order valence-electron chi connectivity index (χ1n) is 9.07. The lowest BCUT2D eigenvalue weighted by Crippen LogP contribution is -2.35. The number of benzene rings is 1. The number of fused-ring (bicyclic) bond motifs is 1. The fourth-order valence-electron chi connectivity index (χ4n) is 3.47. The number of amides is 1. The molecule has 136 valence electrons. The van der Waals surface area contributed by atoms with E-state index in [1.54, 1.807) is 12.3 Å².